The van der Waals surface area contributed by atoms with E-state index in [0.717, 1.165) is 27.3 Å². The van der Waals surface area contributed by atoms with Gasteiger partial charge in [-0.1, -0.05) is 0 Å². The zero-order valence-corrected chi connectivity index (χ0v) is 12.9. The summed E-state index contributed by atoms with van der Waals surface area (Å²) < 4.78 is 0. The summed E-state index contributed by atoms with van der Waals surface area (Å²) in [5, 5.41) is 4.91. The normalized spacial score (nSPS) is 10.4. The minimum Gasteiger partial charge on any atom is -0.347 e. The zero-order chi connectivity index (χ0) is 15.4. The summed E-state index contributed by atoms with van der Waals surface area (Å²) in [6.07, 6.45) is 5.24. The molecule has 0 radical (unpaired) electrons. The third kappa shape index (κ3) is 3.38. The molecule has 0 aliphatic heterocycles. The van der Waals surface area contributed by atoms with Crippen LogP contribution in [0.25, 0.3) is 11.3 Å². The van der Waals surface area contributed by atoms with E-state index < -0.39 is 0 Å². The smallest absolute Gasteiger partial charge is 0.261 e. The van der Waals surface area contributed by atoms with Gasteiger partial charge in [0, 0.05) is 30.7 Å². The number of rotatable bonds is 4. The number of hydrogen-bond acceptors (Lipinski definition) is 4. The Morgan fingerprint density at radius 1 is 1.18 bits per heavy atom. The number of carbonyl (C=O) groups excluding carboxylic acids is 1. The lowest BCUT2D eigenvalue weighted by Crippen LogP contribution is -2.21. The Morgan fingerprint density at radius 3 is 2.73 bits per heavy atom. The first-order valence-electron chi connectivity index (χ1n) is 6.91. The van der Waals surface area contributed by atoms with Gasteiger partial charge in [-0.3, -0.25) is 14.8 Å². The van der Waals surface area contributed by atoms with Gasteiger partial charge in [0.25, 0.3) is 5.91 Å². The molecule has 0 saturated heterocycles. The van der Waals surface area contributed by atoms with Crippen LogP contribution in [-0.4, -0.2) is 15.9 Å². The van der Waals surface area contributed by atoms with E-state index in [9.17, 15) is 4.79 Å². The summed E-state index contributed by atoms with van der Waals surface area (Å²) in [5.41, 5.74) is 4.01. The second kappa shape index (κ2) is 6.49. The Balaban J connectivity index is 1.70. The second-order valence-electron chi connectivity index (χ2n) is 4.96. The molecule has 3 aromatic heterocycles. The summed E-state index contributed by atoms with van der Waals surface area (Å²) in [4.78, 5) is 21.2. The lowest BCUT2D eigenvalue weighted by atomic mass is 10.1. The molecule has 0 unspecified atom stereocenters. The summed E-state index contributed by atoms with van der Waals surface area (Å²) in [7, 11) is 0. The lowest BCUT2D eigenvalue weighted by molar-refractivity contribution is 0.0955. The molecule has 0 atom stereocenters. The zero-order valence-electron chi connectivity index (χ0n) is 12.1. The van der Waals surface area contributed by atoms with Crippen LogP contribution in [0.5, 0.6) is 0 Å². The molecule has 5 heteroatoms. The monoisotopic (exact) mass is 309 g/mol. The first-order chi connectivity index (χ1) is 10.7. The highest BCUT2D eigenvalue weighted by Crippen LogP contribution is 2.17. The van der Waals surface area contributed by atoms with E-state index in [2.05, 4.69) is 15.3 Å². The molecule has 1 amide bonds. The standard InChI is InChI=1S/C17H15N3OS/c1-12-8-16(22-11-12)17(21)20-10-13-2-7-19-15(9-13)14-3-5-18-6-4-14/h2-9,11H,10H2,1H3,(H,20,21). The largest absolute Gasteiger partial charge is 0.347 e. The Hall–Kier alpha value is -2.53. The van der Waals surface area contributed by atoms with E-state index in [0.29, 0.717) is 6.54 Å². The summed E-state index contributed by atoms with van der Waals surface area (Å²) in [6, 6.07) is 9.62. The predicted octanol–water partition coefficient (Wildman–Crippen LogP) is 3.44. The van der Waals surface area contributed by atoms with Crippen LogP contribution in [0.1, 0.15) is 20.8 Å². The Bertz CT molecular complexity index is 783. The van der Waals surface area contributed by atoms with Crippen molar-refractivity contribution in [2.75, 3.05) is 0 Å². The Morgan fingerprint density at radius 2 is 2.00 bits per heavy atom. The van der Waals surface area contributed by atoms with Crippen molar-refractivity contribution >= 4 is 17.2 Å². The van der Waals surface area contributed by atoms with Crippen molar-refractivity contribution in [3.8, 4) is 11.3 Å². The van der Waals surface area contributed by atoms with Gasteiger partial charge in [0.05, 0.1) is 10.6 Å². The number of amides is 1. The third-order valence-corrected chi connectivity index (χ3v) is 4.25. The van der Waals surface area contributed by atoms with Gasteiger partial charge in [-0.2, -0.15) is 0 Å². The third-order valence-electron chi connectivity index (χ3n) is 3.21. The van der Waals surface area contributed by atoms with Crippen LogP contribution in [0.3, 0.4) is 0 Å². The van der Waals surface area contributed by atoms with E-state index in [-0.39, 0.29) is 5.91 Å². The topological polar surface area (TPSA) is 54.9 Å². The predicted molar refractivity (Wildman–Crippen MR) is 87.7 cm³/mol. The maximum absolute atomic E-state index is 12.1. The van der Waals surface area contributed by atoms with E-state index >= 15 is 0 Å². The highest BCUT2D eigenvalue weighted by Gasteiger charge is 2.08. The van der Waals surface area contributed by atoms with Gasteiger partial charge in [0.2, 0.25) is 0 Å². The number of aryl methyl sites for hydroxylation is 1. The summed E-state index contributed by atoms with van der Waals surface area (Å²) in [6.45, 7) is 2.47. The minimum atomic E-state index is -0.0413. The molecule has 3 heterocycles. The molecular formula is C17H15N3OS. The van der Waals surface area contributed by atoms with Crippen molar-refractivity contribution < 1.29 is 4.79 Å². The van der Waals surface area contributed by atoms with Gasteiger partial charge in [-0.25, -0.2) is 0 Å². The van der Waals surface area contributed by atoms with Crippen LogP contribution in [0.15, 0.2) is 54.3 Å². The van der Waals surface area contributed by atoms with Crippen LogP contribution < -0.4 is 5.32 Å². The first kappa shape index (κ1) is 14.4. The summed E-state index contributed by atoms with van der Waals surface area (Å²) in [5.74, 6) is -0.0413. The molecular weight excluding hydrogens is 294 g/mol. The lowest BCUT2D eigenvalue weighted by Gasteiger charge is -2.06. The van der Waals surface area contributed by atoms with E-state index in [4.69, 9.17) is 0 Å². The molecule has 0 spiro atoms. The van der Waals surface area contributed by atoms with Crippen molar-refractivity contribution in [3.05, 3.63) is 70.3 Å². The van der Waals surface area contributed by atoms with Crippen molar-refractivity contribution in [2.24, 2.45) is 0 Å². The van der Waals surface area contributed by atoms with E-state index in [1.54, 1.807) is 18.6 Å². The number of carbonyl (C=O) groups is 1. The van der Waals surface area contributed by atoms with E-state index in [1.165, 1.54) is 11.3 Å². The van der Waals surface area contributed by atoms with Gasteiger partial charge in [-0.05, 0) is 53.8 Å². The SMILES string of the molecule is Cc1csc(C(=O)NCc2ccnc(-c3ccncc3)c2)c1. The molecule has 0 saturated carbocycles. The molecule has 1 N–H and O–H groups in total. The minimum absolute atomic E-state index is 0.0413. The van der Waals surface area contributed by atoms with Gasteiger partial charge < -0.3 is 5.32 Å². The number of pyridine rings is 2. The maximum atomic E-state index is 12.1. The molecule has 22 heavy (non-hydrogen) atoms. The van der Waals surface area contributed by atoms with Gasteiger partial charge >= 0.3 is 0 Å². The molecule has 110 valence electrons. The van der Waals surface area contributed by atoms with E-state index in [1.807, 2.05) is 42.6 Å². The molecule has 3 aromatic rings. The molecule has 0 fully saturated rings. The van der Waals surface area contributed by atoms with Crippen LogP contribution in [-0.2, 0) is 6.54 Å². The maximum Gasteiger partial charge on any atom is 0.261 e. The van der Waals surface area contributed by atoms with Crippen molar-refractivity contribution in [1.29, 1.82) is 0 Å². The van der Waals surface area contributed by atoms with Gasteiger partial charge in [-0.15, -0.1) is 11.3 Å². The quantitative estimate of drug-likeness (QED) is 0.803. The van der Waals surface area contributed by atoms with Crippen LogP contribution in [0.2, 0.25) is 0 Å². The average Bonchev–Trinajstić information content (AvgIpc) is 3.00. The van der Waals surface area contributed by atoms with Gasteiger partial charge in [0.1, 0.15) is 0 Å². The highest BCUT2D eigenvalue weighted by molar-refractivity contribution is 7.12. The Kier molecular flexibility index (Phi) is 4.25. The number of thiophene rings is 1. The molecule has 4 nitrogen and oxygen atoms in total. The number of nitrogens with zero attached hydrogens (tertiary/aromatic N) is 2. The number of hydrogen-bond donors (Lipinski definition) is 1. The first-order valence-corrected chi connectivity index (χ1v) is 7.79. The van der Waals surface area contributed by atoms with Crippen LogP contribution in [0, 0.1) is 6.92 Å². The molecule has 0 aliphatic carbocycles. The molecule has 0 aliphatic rings. The fourth-order valence-corrected chi connectivity index (χ4v) is 2.90. The fraction of sp³-hybridized carbons (Fsp3) is 0.118. The Labute approximate surface area is 132 Å². The molecule has 0 bridgehead atoms. The van der Waals surface area contributed by atoms with Crippen molar-refractivity contribution in [3.63, 3.8) is 0 Å². The number of aromatic nitrogens is 2. The van der Waals surface area contributed by atoms with Crippen LogP contribution in [0.4, 0.5) is 0 Å². The average molecular weight is 309 g/mol. The van der Waals surface area contributed by atoms with Crippen LogP contribution >= 0.6 is 11.3 Å². The fourth-order valence-electron chi connectivity index (χ4n) is 2.08. The van der Waals surface area contributed by atoms with Crippen molar-refractivity contribution in [2.45, 2.75) is 13.5 Å². The second-order valence-corrected chi connectivity index (χ2v) is 5.87. The molecule has 3 rings (SSSR count). The summed E-state index contributed by atoms with van der Waals surface area (Å²) >= 11 is 1.46. The highest BCUT2D eigenvalue weighted by atomic mass is 32.1. The van der Waals surface area contributed by atoms with Gasteiger partial charge in [0.15, 0.2) is 0 Å². The number of nitrogens with one attached hydrogen (secondary N) is 1. The molecule has 0 aromatic carbocycles. The van der Waals surface area contributed by atoms with Crippen molar-refractivity contribution in [1.82, 2.24) is 15.3 Å².